The van der Waals surface area contributed by atoms with Gasteiger partial charge in [-0.1, -0.05) is 48.5 Å². The largest absolute Gasteiger partial charge is 0.494 e. The van der Waals surface area contributed by atoms with E-state index in [0.717, 1.165) is 66.3 Å². The first kappa shape index (κ1) is 57.6. The van der Waals surface area contributed by atoms with Crippen LogP contribution >= 0.6 is 15.9 Å². The van der Waals surface area contributed by atoms with Crippen LogP contribution in [0.5, 0.6) is 11.5 Å². The van der Waals surface area contributed by atoms with Crippen LogP contribution in [0.2, 0.25) is 0 Å². The number of benzene rings is 4. The third kappa shape index (κ3) is 12.9. The van der Waals surface area contributed by atoms with Crippen molar-refractivity contribution >= 4 is 62.2 Å². The lowest BCUT2D eigenvalue weighted by Gasteiger charge is -2.32. The molecule has 3 saturated heterocycles. The highest BCUT2D eigenvalue weighted by molar-refractivity contribution is 9.10. The molecule has 3 aliphatic heterocycles. The number of piperazine rings is 2. The van der Waals surface area contributed by atoms with Gasteiger partial charge in [-0.05, 0) is 105 Å². The predicted octanol–water partition coefficient (Wildman–Crippen LogP) is 7.57. The van der Waals surface area contributed by atoms with Crippen molar-refractivity contribution in [3.05, 3.63) is 146 Å². The molecule has 80 heavy (non-hydrogen) atoms. The van der Waals surface area contributed by atoms with Crippen LogP contribution in [0.1, 0.15) is 52.7 Å². The Kier molecular flexibility index (Phi) is 17.5. The Morgan fingerprint density at radius 1 is 0.637 bits per heavy atom. The number of rotatable bonds is 12. The van der Waals surface area contributed by atoms with Gasteiger partial charge in [0.1, 0.15) is 11.5 Å². The Morgan fingerprint density at radius 2 is 1.07 bits per heavy atom. The molecule has 7 heterocycles. The van der Waals surface area contributed by atoms with Crippen molar-refractivity contribution in [1.29, 1.82) is 0 Å². The van der Waals surface area contributed by atoms with Crippen LogP contribution in [-0.4, -0.2) is 122 Å². The van der Waals surface area contributed by atoms with Gasteiger partial charge in [-0.3, -0.25) is 28.3 Å². The zero-order valence-electron chi connectivity index (χ0n) is 45.7. The first-order valence-electron chi connectivity index (χ1n) is 26.2. The van der Waals surface area contributed by atoms with E-state index in [0.29, 0.717) is 51.0 Å². The fraction of sp³-hybridized carbons (Fsp3) is 0.393. The molecule has 3 aliphatic rings. The number of nitrogens with one attached hydrogen (secondary N) is 2. The Morgan fingerprint density at radius 3 is 1.54 bits per heavy atom. The van der Waals surface area contributed by atoms with E-state index in [2.05, 4.69) is 79.6 Å². The highest BCUT2D eigenvalue weighted by Gasteiger charge is 2.51. The zero-order valence-corrected chi connectivity index (χ0v) is 47.3. The molecule has 0 aliphatic carbocycles. The van der Waals surface area contributed by atoms with Crippen molar-refractivity contribution in [2.24, 2.45) is 14.1 Å². The molecule has 8 aromatic rings. The molecule has 18 nitrogen and oxygen atoms in total. The average Bonchev–Trinajstić information content (AvgIpc) is 4.09. The SMILES string of the molecule is C[C@@H]1CN(c2ncc(-c3ccc4c(=O)n(C)n(Cc5ccccc5OC(F)F)c4c3)cn2)CCN1.C[C@@H]1CN(c2ncc(Br)cn2)CCN1.Cn1c(=O)c2ccc(B3OC(C)(C)C(C)(C)O3)cc2n1Cc1ccccc1OC(F)F. The van der Waals surface area contributed by atoms with Crippen LogP contribution in [0, 0.1) is 0 Å². The lowest BCUT2D eigenvalue weighted by Crippen LogP contribution is -2.49. The van der Waals surface area contributed by atoms with E-state index in [9.17, 15) is 27.2 Å². The number of fused-ring (bicyclic) bond motifs is 2. The van der Waals surface area contributed by atoms with E-state index in [1.165, 1.54) is 21.5 Å². The summed E-state index contributed by atoms with van der Waals surface area (Å²) in [6.07, 6.45) is 7.14. The fourth-order valence-corrected chi connectivity index (χ4v) is 10.00. The molecule has 0 saturated carbocycles. The molecule has 0 radical (unpaired) electrons. The van der Waals surface area contributed by atoms with Gasteiger partial charge < -0.3 is 39.2 Å². The van der Waals surface area contributed by atoms with Gasteiger partial charge in [0.25, 0.3) is 11.1 Å². The van der Waals surface area contributed by atoms with Gasteiger partial charge in [0.05, 0.1) is 50.6 Å². The maximum atomic E-state index is 12.9. The van der Waals surface area contributed by atoms with E-state index in [1.54, 1.807) is 96.8 Å². The number of anilines is 2. The number of hydrogen-bond acceptors (Lipinski definition) is 14. The topological polar surface area (TPSA) is 173 Å². The third-order valence-electron chi connectivity index (χ3n) is 14.8. The Balaban J connectivity index is 0.000000157. The minimum atomic E-state index is -2.93. The van der Waals surface area contributed by atoms with E-state index < -0.39 is 31.5 Å². The molecule has 2 atom stereocenters. The second-order valence-electron chi connectivity index (χ2n) is 20.9. The summed E-state index contributed by atoms with van der Waals surface area (Å²) in [5.74, 6) is 1.67. The second-order valence-corrected chi connectivity index (χ2v) is 21.8. The first-order valence-corrected chi connectivity index (χ1v) is 27.0. The molecule has 2 N–H and O–H groups in total. The number of alkyl halides is 4. The van der Waals surface area contributed by atoms with Crippen molar-refractivity contribution in [1.82, 2.24) is 49.3 Å². The standard InChI is InChI=1S/C25H26F2N6O2.C22H25BF2N2O4.C9H13BrN4/c1-16-14-32(10-9-28-16)25-29-12-19(13-30-25)17-7-8-20-21(11-17)33(31(2)23(20)34)15-18-5-3-4-6-22(18)35-24(26)27;1-21(2)22(3,4)31-23(30-21)15-10-11-16-17(12-15)27(26(5)19(16)28)13-14-8-6-7-9-18(14)29-20(24)25;1-7-6-14(3-2-11-7)9-12-4-8(10)5-13-9/h3-8,11-13,16,24,28H,9-10,14-15H2,1-2H3;6-12,20H,13H2,1-5H3;4-5,7,11H,2-3,6H2,1H3/t16-;;7-/m1.1/s1. The average molecular weight is 1170 g/mol. The third-order valence-corrected chi connectivity index (χ3v) is 15.2. The minimum absolute atomic E-state index is 0.0777. The van der Waals surface area contributed by atoms with Gasteiger partial charge in [-0.15, -0.1) is 0 Å². The van der Waals surface area contributed by atoms with Crippen LogP contribution in [0.4, 0.5) is 29.5 Å². The fourth-order valence-electron chi connectivity index (χ4n) is 9.79. The molecule has 4 aromatic carbocycles. The lowest BCUT2D eigenvalue weighted by atomic mass is 9.79. The normalized spacial score (nSPS) is 17.9. The van der Waals surface area contributed by atoms with Crippen LogP contribution in [0.3, 0.4) is 0 Å². The summed E-state index contributed by atoms with van der Waals surface area (Å²) >= 11 is 3.33. The zero-order chi connectivity index (χ0) is 57.0. The second kappa shape index (κ2) is 24.3. The summed E-state index contributed by atoms with van der Waals surface area (Å²) in [5.41, 5.74) is 3.55. The number of para-hydroxylation sites is 2. The van der Waals surface area contributed by atoms with Gasteiger partial charge in [0.15, 0.2) is 0 Å². The highest BCUT2D eigenvalue weighted by atomic mass is 79.9. The minimum Gasteiger partial charge on any atom is -0.434 e. The first-order chi connectivity index (χ1) is 38.2. The molecule has 0 bridgehead atoms. The van der Waals surface area contributed by atoms with Crippen LogP contribution in [-0.2, 0) is 36.5 Å². The summed E-state index contributed by atoms with van der Waals surface area (Å²) in [6, 6.07) is 25.0. The lowest BCUT2D eigenvalue weighted by molar-refractivity contribution is -0.0511. The summed E-state index contributed by atoms with van der Waals surface area (Å²) in [6.45, 7) is 12.3. The smallest absolute Gasteiger partial charge is 0.434 e. The number of nitrogens with zero attached hydrogens (tertiary/aromatic N) is 10. The molecular formula is C56H64BBrF4N12O6. The van der Waals surface area contributed by atoms with Crippen molar-refractivity contribution in [3.63, 3.8) is 0 Å². The van der Waals surface area contributed by atoms with Crippen LogP contribution in [0.15, 0.2) is 124 Å². The summed E-state index contributed by atoms with van der Waals surface area (Å²) in [7, 11) is 2.73. The number of ether oxygens (including phenoxy) is 2. The molecule has 4 aromatic heterocycles. The van der Waals surface area contributed by atoms with Crippen LogP contribution in [0.25, 0.3) is 32.9 Å². The summed E-state index contributed by atoms with van der Waals surface area (Å²) in [5, 5.41) is 7.85. The van der Waals surface area contributed by atoms with Gasteiger partial charge >= 0.3 is 20.3 Å². The van der Waals surface area contributed by atoms with Crippen molar-refractivity contribution in [2.45, 2.75) is 91.1 Å². The molecular weight excluding hydrogens is 1100 g/mol. The van der Waals surface area contributed by atoms with Gasteiger partial charge in [-0.2, -0.15) is 17.6 Å². The Hall–Kier alpha value is -7.12. The molecule has 3 fully saturated rings. The van der Waals surface area contributed by atoms with E-state index in [4.69, 9.17) is 9.31 Å². The Labute approximate surface area is 468 Å². The maximum absolute atomic E-state index is 12.9. The van der Waals surface area contributed by atoms with Crippen molar-refractivity contribution in [3.8, 4) is 22.6 Å². The van der Waals surface area contributed by atoms with Crippen molar-refractivity contribution in [2.75, 3.05) is 49.1 Å². The molecule has 422 valence electrons. The number of halogens is 5. The number of hydrogen-bond donors (Lipinski definition) is 2. The highest BCUT2D eigenvalue weighted by Crippen LogP contribution is 2.37. The van der Waals surface area contributed by atoms with Gasteiger partial charge in [-0.25, -0.2) is 19.9 Å². The summed E-state index contributed by atoms with van der Waals surface area (Å²) < 4.78 is 80.4. The monoisotopic (exact) mass is 1170 g/mol. The number of aromatic nitrogens is 8. The van der Waals surface area contributed by atoms with E-state index in [-0.39, 0.29) is 35.7 Å². The van der Waals surface area contributed by atoms with Crippen molar-refractivity contribution < 1.29 is 36.3 Å². The molecule has 11 rings (SSSR count). The molecule has 0 unspecified atom stereocenters. The summed E-state index contributed by atoms with van der Waals surface area (Å²) in [4.78, 5) is 47.7. The Bertz CT molecular complexity index is 3550. The quantitative estimate of drug-likeness (QED) is 0.0906. The maximum Gasteiger partial charge on any atom is 0.494 e. The van der Waals surface area contributed by atoms with E-state index >= 15 is 0 Å². The van der Waals surface area contributed by atoms with E-state index in [1.807, 2.05) is 52.0 Å². The van der Waals surface area contributed by atoms with Gasteiger partial charge in [0, 0.05) is 107 Å². The molecule has 24 heteroatoms. The van der Waals surface area contributed by atoms with Gasteiger partial charge in [0.2, 0.25) is 11.9 Å². The predicted molar refractivity (Wildman–Crippen MR) is 305 cm³/mol. The van der Waals surface area contributed by atoms with Crippen LogP contribution < -0.4 is 46.5 Å². The molecule has 0 amide bonds. The molecule has 0 spiro atoms.